The molecule has 0 fully saturated rings. The van der Waals surface area contributed by atoms with Gasteiger partial charge in [0.15, 0.2) is 0 Å². The monoisotopic (exact) mass is 125 g/mol. The fraction of sp³-hybridized carbons (Fsp3) is 0.333. The van der Waals surface area contributed by atoms with Crippen LogP contribution in [0.15, 0.2) is 11.9 Å². The second-order valence-electron chi connectivity index (χ2n) is 1.37. The molecule has 0 saturated heterocycles. The van der Waals surface area contributed by atoms with E-state index in [9.17, 15) is 0 Å². The molecule has 0 unspecified atom stereocenters. The third-order valence-electron chi connectivity index (χ3n) is 0.704. The summed E-state index contributed by atoms with van der Waals surface area (Å²) < 4.78 is 0. The minimum atomic E-state index is 0.681. The molecular formula is C6H11N3. The predicted molar refractivity (Wildman–Crippen MR) is 38.2 cm³/mol. The fourth-order valence-electron chi connectivity index (χ4n) is 0.393. The van der Waals surface area contributed by atoms with Gasteiger partial charge in [0.1, 0.15) is 5.70 Å². The van der Waals surface area contributed by atoms with Crippen LogP contribution in [0, 0.1) is 12.3 Å². The zero-order valence-corrected chi connectivity index (χ0v) is 5.65. The van der Waals surface area contributed by atoms with Gasteiger partial charge in [0.05, 0.1) is 0 Å². The van der Waals surface area contributed by atoms with E-state index in [2.05, 4.69) is 22.1 Å². The van der Waals surface area contributed by atoms with Crippen molar-refractivity contribution in [3.8, 4) is 12.3 Å². The van der Waals surface area contributed by atoms with E-state index in [4.69, 9.17) is 6.42 Å². The van der Waals surface area contributed by atoms with Crippen molar-refractivity contribution in [2.45, 2.75) is 0 Å². The molecule has 0 aromatic carbocycles. The van der Waals surface area contributed by atoms with Crippen LogP contribution in [0.4, 0.5) is 0 Å². The molecule has 50 valence electrons. The SMILES string of the molecule is C#C/C(=C/NC)NNC. The molecule has 0 bridgehead atoms. The molecule has 0 heterocycles. The molecule has 0 atom stereocenters. The maximum absolute atomic E-state index is 5.08. The number of terminal acetylenes is 1. The lowest BCUT2D eigenvalue weighted by Crippen LogP contribution is -2.26. The summed E-state index contributed by atoms with van der Waals surface area (Å²) in [5, 5.41) is 2.80. The Morgan fingerprint density at radius 2 is 2.22 bits per heavy atom. The zero-order chi connectivity index (χ0) is 7.11. The maximum atomic E-state index is 5.08. The quantitative estimate of drug-likeness (QED) is 0.348. The molecule has 3 nitrogen and oxygen atoms in total. The molecule has 0 aromatic rings. The van der Waals surface area contributed by atoms with E-state index < -0.39 is 0 Å². The molecule has 0 aromatic heterocycles. The number of hydrogen-bond donors (Lipinski definition) is 3. The van der Waals surface area contributed by atoms with Crippen LogP contribution in [0.5, 0.6) is 0 Å². The van der Waals surface area contributed by atoms with Crippen LogP contribution in [-0.4, -0.2) is 14.1 Å². The molecule has 0 radical (unpaired) electrons. The first-order chi connectivity index (χ1) is 4.35. The second-order valence-corrected chi connectivity index (χ2v) is 1.37. The number of nitrogens with one attached hydrogen (secondary N) is 3. The van der Waals surface area contributed by atoms with Gasteiger partial charge in [0.2, 0.25) is 0 Å². The van der Waals surface area contributed by atoms with E-state index in [1.54, 1.807) is 20.3 Å². The first-order valence-corrected chi connectivity index (χ1v) is 2.62. The first-order valence-electron chi connectivity index (χ1n) is 2.62. The molecule has 0 spiro atoms. The van der Waals surface area contributed by atoms with Crippen LogP contribution in [0.1, 0.15) is 0 Å². The summed E-state index contributed by atoms with van der Waals surface area (Å²) in [6, 6.07) is 0. The fourth-order valence-corrected chi connectivity index (χ4v) is 0.393. The lowest BCUT2D eigenvalue weighted by atomic mass is 10.5. The van der Waals surface area contributed by atoms with Crippen molar-refractivity contribution in [2.24, 2.45) is 0 Å². The standard InChI is InChI=1S/C6H11N3/c1-4-6(5-7-2)9-8-3/h1,5,7-9H,2-3H3/b6-5-. The molecule has 0 saturated carbocycles. The molecule has 0 aliphatic rings. The Labute approximate surface area is 55.5 Å². The van der Waals surface area contributed by atoms with E-state index in [-0.39, 0.29) is 0 Å². The molecule has 9 heavy (non-hydrogen) atoms. The van der Waals surface area contributed by atoms with E-state index in [1.165, 1.54) is 0 Å². The van der Waals surface area contributed by atoms with Crippen molar-refractivity contribution < 1.29 is 0 Å². The Morgan fingerprint density at radius 3 is 2.56 bits per heavy atom. The van der Waals surface area contributed by atoms with E-state index in [0.717, 1.165) is 0 Å². The highest BCUT2D eigenvalue weighted by Crippen LogP contribution is 1.76. The van der Waals surface area contributed by atoms with Crippen molar-refractivity contribution in [3.63, 3.8) is 0 Å². The number of allylic oxidation sites excluding steroid dienone is 1. The van der Waals surface area contributed by atoms with Crippen LogP contribution in [-0.2, 0) is 0 Å². The number of hydrogen-bond acceptors (Lipinski definition) is 3. The van der Waals surface area contributed by atoms with Gasteiger partial charge in [-0.05, 0) is 5.92 Å². The van der Waals surface area contributed by atoms with Gasteiger partial charge in [-0.1, -0.05) is 0 Å². The van der Waals surface area contributed by atoms with Crippen LogP contribution in [0.25, 0.3) is 0 Å². The van der Waals surface area contributed by atoms with E-state index >= 15 is 0 Å². The highest BCUT2D eigenvalue weighted by molar-refractivity contribution is 5.21. The summed E-state index contributed by atoms with van der Waals surface area (Å²) in [5.41, 5.74) is 6.13. The van der Waals surface area contributed by atoms with Crippen molar-refractivity contribution in [1.29, 1.82) is 0 Å². The average Bonchev–Trinajstić information content (AvgIpc) is 1.88. The zero-order valence-electron chi connectivity index (χ0n) is 5.65. The minimum Gasteiger partial charge on any atom is -0.392 e. The summed E-state index contributed by atoms with van der Waals surface area (Å²) >= 11 is 0. The topological polar surface area (TPSA) is 36.1 Å². The molecule has 0 amide bonds. The third kappa shape index (κ3) is 3.44. The average molecular weight is 125 g/mol. The Bertz CT molecular complexity index is 132. The number of rotatable bonds is 3. The smallest absolute Gasteiger partial charge is 0.115 e. The Morgan fingerprint density at radius 1 is 1.56 bits per heavy atom. The van der Waals surface area contributed by atoms with E-state index in [0.29, 0.717) is 5.70 Å². The van der Waals surface area contributed by atoms with Crippen molar-refractivity contribution in [2.75, 3.05) is 14.1 Å². The Kier molecular flexibility index (Phi) is 4.37. The van der Waals surface area contributed by atoms with Gasteiger partial charge in [0.25, 0.3) is 0 Å². The molecule has 0 rings (SSSR count). The van der Waals surface area contributed by atoms with Crippen molar-refractivity contribution >= 4 is 0 Å². The summed E-state index contributed by atoms with van der Waals surface area (Å²) in [7, 11) is 3.54. The van der Waals surface area contributed by atoms with Crippen LogP contribution in [0.3, 0.4) is 0 Å². The summed E-state index contributed by atoms with van der Waals surface area (Å²) in [5.74, 6) is 2.43. The highest BCUT2D eigenvalue weighted by atomic mass is 15.3. The Balaban J connectivity index is 3.71. The summed E-state index contributed by atoms with van der Waals surface area (Å²) in [6.07, 6.45) is 6.78. The lowest BCUT2D eigenvalue weighted by molar-refractivity contribution is 0.703. The van der Waals surface area contributed by atoms with Crippen LogP contribution >= 0.6 is 0 Å². The number of hydrazine groups is 1. The third-order valence-corrected chi connectivity index (χ3v) is 0.704. The van der Waals surface area contributed by atoms with Crippen molar-refractivity contribution in [3.05, 3.63) is 11.9 Å². The van der Waals surface area contributed by atoms with Gasteiger partial charge in [-0.3, -0.25) is 0 Å². The van der Waals surface area contributed by atoms with Crippen LogP contribution in [0.2, 0.25) is 0 Å². The van der Waals surface area contributed by atoms with Gasteiger partial charge >= 0.3 is 0 Å². The lowest BCUT2D eigenvalue weighted by Gasteiger charge is -2.00. The van der Waals surface area contributed by atoms with Gasteiger partial charge < -0.3 is 10.7 Å². The normalized spacial score (nSPS) is 10.1. The predicted octanol–water partition coefficient (Wildman–Crippen LogP) is -0.596. The molecule has 3 heteroatoms. The van der Waals surface area contributed by atoms with Crippen LogP contribution < -0.4 is 16.2 Å². The Hall–Kier alpha value is -1.14. The van der Waals surface area contributed by atoms with E-state index in [1.807, 2.05) is 0 Å². The van der Waals surface area contributed by atoms with Gasteiger partial charge in [0, 0.05) is 20.3 Å². The van der Waals surface area contributed by atoms with Gasteiger partial charge in [-0.2, -0.15) is 0 Å². The maximum Gasteiger partial charge on any atom is 0.115 e. The first kappa shape index (κ1) is 7.86. The summed E-state index contributed by atoms with van der Waals surface area (Å²) in [4.78, 5) is 0. The highest BCUT2D eigenvalue weighted by Gasteiger charge is 1.82. The molecular weight excluding hydrogens is 114 g/mol. The van der Waals surface area contributed by atoms with Gasteiger partial charge in [-0.25, -0.2) is 5.43 Å². The molecule has 0 aliphatic carbocycles. The second kappa shape index (κ2) is 5.01. The van der Waals surface area contributed by atoms with Crippen molar-refractivity contribution in [1.82, 2.24) is 16.2 Å². The molecule has 0 aliphatic heterocycles. The van der Waals surface area contributed by atoms with Gasteiger partial charge in [-0.15, -0.1) is 6.42 Å². The largest absolute Gasteiger partial charge is 0.392 e. The molecule has 3 N–H and O–H groups in total. The minimum absolute atomic E-state index is 0.681. The summed E-state index contributed by atoms with van der Waals surface area (Å²) in [6.45, 7) is 0.